The Morgan fingerprint density at radius 1 is 0.766 bits per heavy atom. The third-order valence-corrected chi connectivity index (χ3v) is 8.82. The first-order valence-electron chi connectivity index (χ1n) is 15.3. The van der Waals surface area contributed by atoms with E-state index in [4.69, 9.17) is 18.9 Å². The summed E-state index contributed by atoms with van der Waals surface area (Å²) in [7, 11) is 5.80. The molecular formula is C38H36N2O7. The van der Waals surface area contributed by atoms with Crippen molar-refractivity contribution < 1.29 is 33.3 Å². The van der Waals surface area contributed by atoms with Crippen molar-refractivity contribution in [3.8, 4) is 17.2 Å². The predicted octanol–water partition coefficient (Wildman–Crippen LogP) is 7.02. The molecule has 0 saturated carbocycles. The average molecular weight is 633 g/mol. The molecule has 0 saturated heterocycles. The van der Waals surface area contributed by atoms with Crippen molar-refractivity contribution in [3.05, 3.63) is 124 Å². The minimum absolute atomic E-state index is 0.0405. The molecule has 6 rings (SSSR count). The summed E-state index contributed by atoms with van der Waals surface area (Å²) in [5.74, 6) is 0.0271. The molecule has 240 valence electrons. The van der Waals surface area contributed by atoms with Crippen molar-refractivity contribution in [3.63, 3.8) is 0 Å². The van der Waals surface area contributed by atoms with E-state index in [-0.39, 0.29) is 29.6 Å². The highest BCUT2D eigenvalue weighted by Crippen LogP contribution is 2.48. The Bertz CT molecular complexity index is 1850. The number of methoxy groups -OCH3 is 4. The largest absolute Gasteiger partial charge is 0.493 e. The van der Waals surface area contributed by atoms with Gasteiger partial charge < -0.3 is 24.3 Å². The van der Waals surface area contributed by atoms with Gasteiger partial charge in [0.1, 0.15) is 0 Å². The van der Waals surface area contributed by atoms with Crippen LogP contribution in [-0.4, -0.2) is 46.1 Å². The molecule has 4 aromatic rings. The average Bonchev–Trinajstić information content (AvgIpc) is 3.25. The fourth-order valence-corrected chi connectivity index (χ4v) is 6.47. The Morgan fingerprint density at radius 2 is 1.40 bits per heavy atom. The molecule has 0 aromatic heterocycles. The number of rotatable bonds is 7. The number of para-hydroxylation sites is 2. The number of ether oxygens (including phenoxy) is 4. The fourth-order valence-electron chi connectivity index (χ4n) is 6.47. The molecular weight excluding hydrogens is 596 g/mol. The topological polar surface area (TPSA) is 103 Å². The van der Waals surface area contributed by atoms with Gasteiger partial charge in [0, 0.05) is 23.3 Å². The van der Waals surface area contributed by atoms with Crippen LogP contribution in [-0.2, 0) is 9.53 Å². The van der Waals surface area contributed by atoms with Crippen LogP contribution in [0.2, 0.25) is 0 Å². The minimum atomic E-state index is -0.828. The number of ketones is 1. The quantitative estimate of drug-likeness (QED) is 0.217. The van der Waals surface area contributed by atoms with Gasteiger partial charge >= 0.3 is 5.97 Å². The predicted molar refractivity (Wildman–Crippen MR) is 179 cm³/mol. The Labute approximate surface area is 273 Å². The lowest BCUT2D eigenvalue weighted by molar-refractivity contribution is -0.116. The lowest BCUT2D eigenvalue weighted by Gasteiger charge is -2.35. The Kier molecular flexibility index (Phi) is 8.72. The molecule has 0 radical (unpaired) electrons. The minimum Gasteiger partial charge on any atom is -0.493 e. The number of nitrogens with zero attached hydrogens (tertiary/aromatic N) is 1. The SMILES string of the molecule is COC(=O)c1ccc([C@H]2C3=C(C[C@@H](c4ccc(C)cc4)CC3=O)Nc3ccccc3N2C(=O)c2cc(OC)c(OC)c(OC)c2)cc1. The van der Waals surface area contributed by atoms with Crippen LogP contribution in [0.3, 0.4) is 0 Å². The first-order chi connectivity index (χ1) is 22.8. The molecule has 9 heteroatoms. The highest BCUT2D eigenvalue weighted by atomic mass is 16.5. The number of carbonyl (C=O) groups is 3. The van der Waals surface area contributed by atoms with Gasteiger partial charge in [-0.15, -0.1) is 0 Å². The maximum atomic E-state index is 14.9. The van der Waals surface area contributed by atoms with Crippen LogP contribution in [0.1, 0.15) is 62.2 Å². The number of fused-ring (bicyclic) bond motifs is 1. The highest BCUT2D eigenvalue weighted by molar-refractivity contribution is 6.12. The monoisotopic (exact) mass is 632 g/mol. The smallest absolute Gasteiger partial charge is 0.337 e. The van der Waals surface area contributed by atoms with Gasteiger partial charge in [0.05, 0.1) is 51.4 Å². The second kappa shape index (κ2) is 13.0. The van der Waals surface area contributed by atoms with Crippen LogP contribution in [0, 0.1) is 6.92 Å². The van der Waals surface area contributed by atoms with Crippen LogP contribution in [0.15, 0.2) is 96.2 Å². The van der Waals surface area contributed by atoms with E-state index in [2.05, 4.69) is 29.6 Å². The summed E-state index contributed by atoms with van der Waals surface area (Å²) in [5, 5.41) is 3.56. The van der Waals surface area contributed by atoms with Crippen molar-refractivity contribution >= 4 is 29.0 Å². The third-order valence-electron chi connectivity index (χ3n) is 8.82. The van der Waals surface area contributed by atoms with Gasteiger partial charge in [0.15, 0.2) is 17.3 Å². The Morgan fingerprint density at radius 3 is 2.02 bits per heavy atom. The van der Waals surface area contributed by atoms with Crippen LogP contribution in [0.4, 0.5) is 11.4 Å². The van der Waals surface area contributed by atoms with Crippen molar-refractivity contribution in [2.24, 2.45) is 0 Å². The van der Waals surface area contributed by atoms with E-state index in [0.29, 0.717) is 51.7 Å². The molecule has 1 amide bonds. The zero-order valence-electron chi connectivity index (χ0n) is 27.0. The van der Waals surface area contributed by atoms with Crippen molar-refractivity contribution in [1.82, 2.24) is 0 Å². The zero-order valence-corrected chi connectivity index (χ0v) is 27.0. The van der Waals surface area contributed by atoms with E-state index in [1.807, 2.05) is 31.2 Å². The number of allylic oxidation sites excluding steroid dienone is 1. The second-order valence-electron chi connectivity index (χ2n) is 11.6. The summed E-state index contributed by atoms with van der Waals surface area (Å²) in [4.78, 5) is 43.3. The number of carbonyl (C=O) groups excluding carboxylic acids is 3. The van der Waals surface area contributed by atoms with Gasteiger partial charge in [-0.3, -0.25) is 14.5 Å². The molecule has 1 N–H and O–H groups in total. The number of Topliss-reactive ketones (excluding diaryl/α,β-unsaturated/α-hetero) is 1. The lowest BCUT2D eigenvalue weighted by Crippen LogP contribution is -2.38. The maximum Gasteiger partial charge on any atom is 0.337 e. The van der Waals surface area contributed by atoms with Gasteiger partial charge in [-0.2, -0.15) is 0 Å². The molecule has 2 aliphatic rings. The van der Waals surface area contributed by atoms with E-state index in [9.17, 15) is 14.4 Å². The summed E-state index contributed by atoms with van der Waals surface area (Å²) in [6, 6.07) is 25.0. The summed E-state index contributed by atoms with van der Waals surface area (Å²) < 4.78 is 21.6. The van der Waals surface area contributed by atoms with E-state index in [1.165, 1.54) is 28.4 Å². The van der Waals surface area contributed by atoms with Gasteiger partial charge in [0.25, 0.3) is 5.91 Å². The van der Waals surface area contributed by atoms with Crippen LogP contribution >= 0.6 is 0 Å². The number of esters is 1. The molecule has 1 heterocycles. The fraction of sp³-hybridized carbons (Fsp3) is 0.237. The number of amides is 1. The number of benzene rings is 4. The Hall–Kier alpha value is -5.57. The van der Waals surface area contributed by atoms with Crippen molar-refractivity contribution in [2.75, 3.05) is 38.7 Å². The molecule has 0 unspecified atom stereocenters. The van der Waals surface area contributed by atoms with E-state index in [0.717, 1.165) is 16.8 Å². The molecule has 9 nitrogen and oxygen atoms in total. The third kappa shape index (κ3) is 5.80. The number of anilines is 2. The number of aryl methyl sites for hydroxylation is 1. The summed E-state index contributed by atoms with van der Waals surface area (Å²) in [5.41, 5.74) is 6.04. The van der Waals surface area contributed by atoms with Gasteiger partial charge in [-0.25, -0.2) is 4.79 Å². The van der Waals surface area contributed by atoms with E-state index >= 15 is 0 Å². The summed E-state index contributed by atoms with van der Waals surface area (Å²) >= 11 is 0. The first-order valence-corrected chi connectivity index (χ1v) is 15.3. The zero-order chi connectivity index (χ0) is 33.2. The summed E-state index contributed by atoms with van der Waals surface area (Å²) in [6.45, 7) is 2.04. The molecule has 0 fully saturated rings. The molecule has 4 aromatic carbocycles. The molecule has 2 atom stereocenters. The summed E-state index contributed by atoms with van der Waals surface area (Å²) in [6.07, 6.45) is 0.851. The highest BCUT2D eigenvalue weighted by Gasteiger charge is 2.42. The van der Waals surface area contributed by atoms with Crippen LogP contribution < -0.4 is 24.4 Å². The molecule has 47 heavy (non-hydrogen) atoms. The van der Waals surface area contributed by atoms with Gasteiger partial charge in [-0.05, 0) is 66.8 Å². The lowest BCUT2D eigenvalue weighted by atomic mass is 9.78. The van der Waals surface area contributed by atoms with Crippen LogP contribution in [0.5, 0.6) is 17.2 Å². The van der Waals surface area contributed by atoms with Gasteiger partial charge in [-0.1, -0.05) is 54.1 Å². The second-order valence-corrected chi connectivity index (χ2v) is 11.6. The first kappa shape index (κ1) is 31.4. The van der Waals surface area contributed by atoms with Crippen LogP contribution in [0.25, 0.3) is 0 Å². The Balaban J connectivity index is 1.57. The van der Waals surface area contributed by atoms with E-state index in [1.54, 1.807) is 41.3 Å². The number of nitrogens with one attached hydrogen (secondary N) is 1. The molecule has 0 spiro atoms. The molecule has 1 aliphatic carbocycles. The standard InChI is InChI=1S/C38H36N2O7/c1-22-10-12-23(13-11-22)26-18-29-34(31(41)19-26)35(24-14-16-25(17-15-24)38(43)47-5)40(30-9-7-6-8-28(30)39-29)37(42)27-20-32(44-2)36(46-4)33(21-27)45-3/h6-17,20-21,26,35,39H,18-19H2,1-5H3/t26-,35+/m1/s1. The van der Waals surface area contributed by atoms with Gasteiger partial charge in [0.2, 0.25) is 5.75 Å². The van der Waals surface area contributed by atoms with Crippen molar-refractivity contribution in [1.29, 1.82) is 0 Å². The normalized spacial score (nSPS) is 17.1. The maximum absolute atomic E-state index is 14.9. The molecule has 0 bridgehead atoms. The molecule has 1 aliphatic heterocycles. The number of hydrogen-bond donors (Lipinski definition) is 1. The van der Waals surface area contributed by atoms with E-state index < -0.39 is 12.0 Å². The van der Waals surface area contributed by atoms with Crippen molar-refractivity contribution in [2.45, 2.75) is 31.7 Å². The number of hydrogen-bond acceptors (Lipinski definition) is 8.